The molecule has 0 aliphatic heterocycles. The maximum absolute atomic E-state index is 13.9. The zero-order valence-corrected chi connectivity index (χ0v) is 30.1. The second-order valence-electron chi connectivity index (χ2n) is 12.4. The van der Waals surface area contributed by atoms with Crippen molar-refractivity contribution in [3.05, 3.63) is 108 Å². The van der Waals surface area contributed by atoms with Crippen molar-refractivity contribution in [3.8, 4) is 0 Å². The Bertz CT molecular complexity index is 2490. The molecule has 0 aliphatic rings. The van der Waals surface area contributed by atoms with E-state index in [4.69, 9.17) is 0 Å². The van der Waals surface area contributed by atoms with Gasteiger partial charge in [0.25, 0.3) is 16.7 Å². The van der Waals surface area contributed by atoms with Crippen LogP contribution in [-0.4, -0.2) is 47.8 Å². The molecule has 0 spiro atoms. The summed E-state index contributed by atoms with van der Waals surface area (Å²) in [4.78, 5) is 53.2. The molecule has 0 atom stereocenters. The van der Waals surface area contributed by atoms with Crippen LogP contribution in [0.3, 0.4) is 0 Å². The minimum atomic E-state index is -3.87. The molecule has 0 unspecified atom stereocenters. The van der Waals surface area contributed by atoms with E-state index in [0.717, 1.165) is 18.5 Å². The molecule has 3 aromatic heterocycles. The van der Waals surface area contributed by atoms with Gasteiger partial charge in [0.05, 0.1) is 60.9 Å². The third kappa shape index (κ3) is 8.63. The van der Waals surface area contributed by atoms with Crippen molar-refractivity contribution in [2.24, 2.45) is 0 Å². The Morgan fingerprint density at radius 1 is 0.633 bits per heavy atom. The Balaban J connectivity index is 0.000000168. The van der Waals surface area contributed by atoms with Crippen LogP contribution in [0.15, 0.2) is 84.0 Å². The van der Waals surface area contributed by atoms with Crippen molar-refractivity contribution in [2.45, 2.75) is 60.8 Å². The molecule has 0 radical (unpaired) electrons. The third-order valence-electron chi connectivity index (χ3n) is 6.58. The molecule has 3 N–H and O–H groups in total. The van der Waals surface area contributed by atoms with E-state index >= 15 is 0 Å². The van der Waals surface area contributed by atoms with Crippen LogP contribution >= 0.6 is 27.7 Å². The van der Waals surface area contributed by atoms with Gasteiger partial charge in [0.2, 0.25) is 0 Å². The van der Waals surface area contributed by atoms with Crippen LogP contribution in [0, 0.1) is 17.5 Å². The van der Waals surface area contributed by atoms with Gasteiger partial charge in [-0.05, 0) is 54.9 Å². The average molecular weight is 780 g/mol. The molecular weight excluding hydrogens is 749 g/mol. The van der Waals surface area contributed by atoms with Crippen molar-refractivity contribution in [1.82, 2.24) is 29.9 Å². The van der Waals surface area contributed by atoms with Crippen LogP contribution in [0.1, 0.15) is 41.5 Å². The van der Waals surface area contributed by atoms with E-state index in [1.165, 1.54) is 63.4 Å². The quantitative estimate of drug-likeness (QED) is 0.168. The predicted molar refractivity (Wildman–Crippen MR) is 187 cm³/mol. The molecule has 0 amide bonds. The number of halogens is 4. The molecule has 17 heteroatoms. The fourth-order valence-corrected chi connectivity index (χ4v) is 6.73. The maximum Gasteiger partial charge on any atom is 0.258 e. The molecule has 0 saturated heterocycles. The SMILES string of the molecule is CC(C)(C)S(=O)(=O)c1cc2c(=O)[nH]cnc2cc1F.CC(C)(C)Sc1cc2c(=O)[nH]cnc2cc1F.O=c1[nH]cnc2cc(F)c(Br)cc12. The Labute approximate surface area is 289 Å². The summed E-state index contributed by atoms with van der Waals surface area (Å²) in [6.07, 6.45) is 3.67. The number of fused-ring (bicyclic) bond motifs is 3. The molecule has 3 aromatic carbocycles. The van der Waals surface area contributed by atoms with Gasteiger partial charge in [-0.3, -0.25) is 14.4 Å². The van der Waals surface area contributed by atoms with Gasteiger partial charge in [0, 0.05) is 27.8 Å². The van der Waals surface area contributed by atoms with Crippen LogP contribution < -0.4 is 16.7 Å². The van der Waals surface area contributed by atoms with Gasteiger partial charge in [-0.15, -0.1) is 11.8 Å². The van der Waals surface area contributed by atoms with Crippen LogP contribution in [0.25, 0.3) is 32.7 Å². The normalized spacial score (nSPS) is 12.0. The molecule has 6 aromatic rings. The molecule has 0 aliphatic carbocycles. The Morgan fingerprint density at radius 2 is 1.04 bits per heavy atom. The van der Waals surface area contributed by atoms with Gasteiger partial charge in [0.1, 0.15) is 22.3 Å². The minimum absolute atomic E-state index is 0.0479. The number of hydrogen-bond donors (Lipinski definition) is 3. The summed E-state index contributed by atoms with van der Waals surface area (Å²) in [7, 11) is -3.87. The van der Waals surface area contributed by atoms with E-state index in [9.17, 15) is 36.0 Å². The van der Waals surface area contributed by atoms with Crippen LogP contribution in [0.4, 0.5) is 13.2 Å². The zero-order valence-electron chi connectivity index (χ0n) is 26.9. The maximum atomic E-state index is 13.9. The summed E-state index contributed by atoms with van der Waals surface area (Å²) in [6, 6.07) is 7.50. The van der Waals surface area contributed by atoms with Crippen molar-refractivity contribution < 1.29 is 21.6 Å². The molecule has 6 rings (SSSR count). The van der Waals surface area contributed by atoms with E-state index in [1.807, 2.05) is 20.8 Å². The lowest BCUT2D eigenvalue weighted by Gasteiger charge is -2.19. The highest BCUT2D eigenvalue weighted by Gasteiger charge is 2.33. The number of aromatic nitrogens is 6. The van der Waals surface area contributed by atoms with Gasteiger partial charge >= 0.3 is 0 Å². The summed E-state index contributed by atoms with van der Waals surface area (Å²) >= 11 is 4.39. The smallest absolute Gasteiger partial charge is 0.258 e. The van der Waals surface area contributed by atoms with Crippen molar-refractivity contribution in [1.29, 1.82) is 0 Å². The van der Waals surface area contributed by atoms with E-state index in [0.29, 0.717) is 26.7 Å². The molecule has 0 bridgehead atoms. The van der Waals surface area contributed by atoms with Crippen molar-refractivity contribution >= 4 is 70.2 Å². The molecule has 0 saturated carbocycles. The average Bonchev–Trinajstić information content (AvgIpc) is 2.98. The van der Waals surface area contributed by atoms with Gasteiger partial charge in [-0.25, -0.2) is 36.5 Å². The monoisotopic (exact) mass is 778 g/mol. The van der Waals surface area contributed by atoms with Gasteiger partial charge in [0.15, 0.2) is 9.84 Å². The first kappa shape index (κ1) is 37.5. The molecular formula is C32H30BrF3N6O5S2. The zero-order chi connectivity index (χ0) is 36.5. The summed E-state index contributed by atoms with van der Waals surface area (Å²) < 4.78 is 64.2. The lowest BCUT2D eigenvalue weighted by atomic mass is 10.2. The van der Waals surface area contributed by atoms with E-state index in [1.54, 1.807) is 6.07 Å². The number of nitrogens with one attached hydrogen (secondary N) is 3. The minimum Gasteiger partial charge on any atom is -0.313 e. The highest BCUT2D eigenvalue weighted by atomic mass is 79.9. The molecule has 258 valence electrons. The lowest BCUT2D eigenvalue weighted by Crippen LogP contribution is -2.29. The van der Waals surface area contributed by atoms with Gasteiger partial charge in [-0.1, -0.05) is 20.8 Å². The number of H-pyrrole nitrogens is 3. The number of thioether (sulfide) groups is 1. The molecule has 11 nitrogen and oxygen atoms in total. The first-order valence-corrected chi connectivity index (χ1v) is 17.4. The third-order valence-corrected chi connectivity index (χ3v) is 10.8. The first-order chi connectivity index (χ1) is 22.7. The highest BCUT2D eigenvalue weighted by molar-refractivity contribution is 9.10. The lowest BCUT2D eigenvalue weighted by molar-refractivity contribution is 0.542. The molecule has 0 fully saturated rings. The van der Waals surface area contributed by atoms with E-state index in [2.05, 4.69) is 45.8 Å². The van der Waals surface area contributed by atoms with Crippen LogP contribution in [0.2, 0.25) is 0 Å². The number of nitrogens with zero attached hydrogens (tertiary/aromatic N) is 3. The van der Waals surface area contributed by atoms with Crippen molar-refractivity contribution in [2.75, 3.05) is 0 Å². The predicted octanol–water partition coefficient (Wildman–Crippen LogP) is 6.41. The number of aromatic amines is 3. The topological polar surface area (TPSA) is 171 Å². The fourth-order valence-electron chi connectivity index (χ4n) is 4.15. The number of sulfone groups is 1. The second kappa shape index (κ2) is 14.2. The molecule has 49 heavy (non-hydrogen) atoms. The van der Waals surface area contributed by atoms with Crippen LogP contribution in [-0.2, 0) is 9.84 Å². The molecule has 3 heterocycles. The summed E-state index contributed by atoms with van der Waals surface area (Å²) in [6.45, 7) is 10.4. The van der Waals surface area contributed by atoms with E-state index in [-0.39, 0.29) is 37.1 Å². The van der Waals surface area contributed by atoms with Crippen LogP contribution in [0.5, 0.6) is 0 Å². The Kier molecular flexibility index (Phi) is 10.9. The number of hydrogen-bond acceptors (Lipinski definition) is 9. The number of benzene rings is 3. The highest BCUT2D eigenvalue weighted by Crippen LogP contribution is 2.34. The second-order valence-corrected chi connectivity index (χ2v) is 17.8. The van der Waals surface area contributed by atoms with Gasteiger partial charge < -0.3 is 15.0 Å². The number of rotatable bonds is 2. The Morgan fingerprint density at radius 3 is 1.49 bits per heavy atom. The van der Waals surface area contributed by atoms with Crippen molar-refractivity contribution in [3.63, 3.8) is 0 Å². The summed E-state index contributed by atoms with van der Waals surface area (Å²) in [5, 5.41) is 0.836. The fraction of sp³-hybridized carbons (Fsp3) is 0.250. The largest absolute Gasteiger partial charge is 0.313 e. The van der Waals surface area contributed by atoms with E-state index < -0.39 is 36.7 Å². The standard InChI is InChI=1S/C12H13FN2O3S.C12H13FN2OS.C8H4BrFN2O/c1-12(2,3)19(17,18)10-4-7-9(5-8(10)13)14-6-15-11(7)16;1-12(2,3)17-10-4-7-9(5-8(10)13)14-6-15-11(7)16;9-5-1-4-7(2-6(5)10)11-3-12-8(4)13/h4-6H,1-3H3,(H,14,15,16);4-6H,1-3H3,(H,14,15,16);1-3H,(H,11,12,13). The Hall–Kier alpha value is -4.35. The van der Waals surface area contributed by atoms with Gasteiger partial charge in [-0.2, -0.15) is 0 Å². The first-order valence-electron chi connectivity index (χ1n) is 14.3. The summed E-state index contributed by atoms with van der Waals surface area (Å²) in [5.41, 5.74) is -0.171. The summed E-state index contributed by atoms with van der Waals surface area (Å²) in [5.74, 6) is -1.67.